The van der Waals surface area contributed by atoms with E-state index in [1.54, 1.807) is 10.7 Å². The molecule has 1 aromatic carbocycles. The molecule has 1 atom stereocenters. The van der Waals surface area contributed by atoms with Gasteiger partial charge in [0, 0.05) is 18.0 Å². The molecular weight excluding hydrogens is 430 g/mol. The van der Waals surface area contributed by atoms with Gasteiger partial charge in [0.15, 0.2) is 0 Å². The first-order chi connectivity index (χ1) is 14.0. The van der Waals surface area contributed by atoms with E-state index in [9.17, 15) is 9.59 Å². The number of aromatic nitrogens is 2. The summed E-state index contributed by atoms with van der Waals surface area (Å²) in [6, 6.07) is 5.46. The van der Waals surface area contributed by atoms with Gasteiger partial charge in [-0.15, -0.1) is 11.8 Å². The Morgan fingerprint density at radius 2 is 2.07 bits per heavy atom. The molecular formula is C20H26ClN3O3S2. The minimum atomic E-state index is -0.364. The van der Waals surface area contributed by atoms with Crippen molar-refractivity contribution in [1.82, 2.24) is 9.36 Å². The van der Waals surface area contributed by atoms with Crippen LogP contribution in [0.1, 0.15) is 46.0 Å². The van der Waals surface area contributed by atoms with E-state index < -0.39 is 0 Å². The maximum atomic E-state index is 12.2. The Morgan fingerprint density at radius 1 is 1.31 bits per heavy atom. The fraction of sp³-hybridized carbons (Fsp3) is 0.550. The number of hydrogen-bond donors (Lipinski definition) is 0. The maximum absolute atomic E-state index is 12.2. The smallest absolute Gasteiger partial charge is 0.325 e. The van der Waals surface area contributed by atoms with Gasteiger partial charge in [-0.05, 0) is 55.7 Å². The number of carbonyl (C=O) groups is 1. The Balaban J connectivity index is 1.75. The summed E-state index contributed by atoms with van der Waals surface area (Å²) >= 11 is 8.86. The van der Waals surface area contributed by atoms with Gasteiger partial charge >= 0.3 is 10.8 Å². The maximum Gasteiger partial charge on any atom is 0.325 e. The van der Waals surface area contributed by atoms with Crippen LogP contribution in [0.25, 0.3) is 0 Å². The van der Waals surface area contributed by atoms with Crippen molar-refractivity contribution in [3.8, 4) is 0 Å². The number of nitrogens with zero attached hydrogens (tertiary/aromatic N) is 3. The molecule has 1 aliphatic heterocycles. The third kappa shape index (κ3) is 5.77. The molecule has 2 aromatic rings. The number of halogens is 1. The van der Waals surface area contributed by atoms with Crippen LogP contribution in [0, 0.1) is 0 Å². The van der Waals surface area contributed by atoms with E-state index >= 15 is 0 Å². The van der Waals surface area contributed by atoms with E-state index in [0.29, 0.717) is 22.1 Å². The summed E-state index contributed by atoms with van der Waals surface area (Å²) in [6.45, 7) is 5.93. The normalized spacial score (nSPS) is 15.2. The fourth-order valence-corrected chi connectivity index (χ4v) is 5.12. The zero-order valence-corrected chi connectivity index (χ0v) is 19.1. The summed E-state index contributed by atoms with van der Waals surface area (Å²) < 4.78 is 9.06. The van der Waals surface area contributed by atoms with Crippen LogP contribution in [0.15, 0.2) is 32.9 Å². The summed E-state index contributed by atoms with van der Waals surface area (Å²) in [5.74, 6) is -0.236. The molecule has 0 amide bonds. The Kier molecular flexibility index (Phi) is 8.03. The van der Waals surface area contributed by atoms with Gasteiger partial charge in [-0.2, -0.15) is 0 Å². The minimum Gasteiger partial charge on any atom is -0.465 e. The molecule has 0 radical (unpaired) electrons. The van der Waals surface area contributed by atoms with Gasteiger partial charge in [0.2, 0.25) is 4.80 Å². The van der Waals surface area contributed by atoms with Crippen molar-refractivity contribution in [3.05, 3.63) is 37.7 Å². The van der Waals surface area contributed by atoms with Gasteiger partial charge in [-0.25, -0.2) is 9.67 Å². The number of ether oxygens (including phenoxy) is 1. The molecule has 0 aliphatic carbocycles. The molecule has 3 rings (SSSR count). The predicted octanol–water partition coefficient (Wildman–Crippen LogP) is 4.60. The van der Waals surface area contributed by atoms with Crippen LogP contribution in [0.3, 0.4) is 0 Å². The summed E-state index contributed by atoms with van der Waals surface area (Å²) in [5.41, 5.74) is 0.711. The molecule has 1 aliphatic rings. The average Bonchev–Trinajstić information content (AvgIpc) is 3.03. The van der Waals surface area contributed by atoms with E-state index in [2.05, 4.69) is 11.9 Å². The SMILES string of the molecule is CCCCCOC(=O)C(C)Sc1cc(/N=c2\sc(=O)n3n2CCCC3)ccc1Cl. The average molecular weight is 456 g/mol. The van der Waals surface area contributed by atoms with Gasteiger partial charge < -0.3 is 4.74 Å². The highest BCUT2D eigenvalue weighted by atomic mass is 35.5. The molecule has 1 aromatic heterocycles. The number of rotatable bonds is 8. The molecule has 0 N–H and O–H groups in total. The summed E-state index contributed by atoms with van der Waals surface area (Å²) in [6.07, 6.45) is 5.09. The van der Waals surface area contributed by atoms with E-state index in [4.69, 9.17) is 16.3 Å². The second-order valence-corrected chi connectivity index (χ2v) is 9.67. The highest BCUT2D eigenvalue weighted by Crippen LogP contribution is 2.34. The van der Waals surface area contributed by atoms with Gasteiger partial charge in [-0.3, -0.25) is 14.3 Å². The zero-order valence-electron chi connectivity index (χ0n) is 16.7. The van der Waals surface area contributed by atoms with Crippen molar-refractivity contribution in [2.24, 2.45) is 4.99 Å². The van der Waals surface area contributed by atoms with Crippen LogP contribution in [0.2, 0.25) is 5.02 Å². The molecule has 2 heterocycles. The van der Waals surface area contributed by atoms with Gasteiger partial charge in [-0.1, -0.05) is 31.4 Å². The van der Waals surface area contributed by atoms with Crippen molar-refractivity contribution in [3.63, 3.8) is 0 Å². The van der Waals surface area contributed by atoms with E-state index in [-0.39, 0.29) is 16.1 Å². The number of unbranched alkanes of at least 4 members (excludes halogenated alkanes) is 2. The molecule has 6 nitrogen and oxygen atoms in total. The number of benzene rings is 1. The fourth-order valence-electron chi connectivity index (χ4n) is 3.06. The quantitative estimate of drug-likeness (QED) is 0.331. The molecule has 158 valence electrons. The summed E-state index contributed by atoms with van der Waals surface area (Å²) in [7, 11) is 0. The third-order valence-corrected chi connectivity index (χ3v) is 7.11. The zero-order chi connectivity index (χ0) is 20.8. The highest BCUT2D eigenvalue weighted by Gasteiger charge is 2.18. The van der Waals surface area contributed by atoms with Crippen LogP contribution in [-0.2, 0) is 22.6 Å². The second-order valence-electron chi connectivity index (χ2n) is 6.97. The van der Waals surface area contributed by atoms with E-state index in [1.165, 1.54) is 11.8 Å². The highest BCUT2D eigenvalue weighted by molar-refractivity contribution is 8.00. The molecule has 0 fully saturated rings. The monoisotopic (exact) mass is 455 g/mol. The van der Waals surface area contributed by atoms with E-state index in [0.717, 1.165) is 61.4 Å². The lowest BCUT2D eigenvalue weighted by atomic mass is 10.3. The molecule has 1 unspecified atom stereocenters. The van der Waals surface area contributed by atoms with Crippen molar-refractivity contribution >= 4 is 46.4 Å². The van der Waals surface area contributed by atoms with Crippen LogP contribution in [0.4, 0.5) is 5.69 Å². The predicted molar refractivity (Wildman–Crippen MR) is 118 cm³/mol. The molecule has 29 heavy (non-hydrogen) atoms. The summed E-state index contributed by atoms with van der Waals surface area (Å²) in [5, 5.41) is 0.205. The van der Waals surface area contributed by atoms with Crippen LogP contribution < -0.4 is 9.67 Å². The lowest BCUT2D eigenvalue weighted by molar-refractivity contribution is -0.142. The minimum absolute atomic E-state index is 0.0199. The van der Waals surface area contributed by atoms with Gasteiger partial charge in [0.05, 0.1) is 17.3 Å². The number of thioether (sulfide) groups is 1. The lowest BCUT2D eigenvalue weighted by Crippen LogP contribution is -2.31. The summed E-state index contributed by atoms with van der Waals surface area (Å²) in [4.78, 5) is 30.5. The number of fused-ring (bicyclic) bond motifs is 1. The lowest BCUT2D eigenvalue weighted by Gasteiger charge is -2.15. The third-order valence-electron chi connectivity index (χ3n) is 4.66. The first-order valence-corrected chi connectivity index (χ1v) is 12.1. The Labute approximate surface area is 183 Å². The first kappa shape index (κ1) is 22.2. The number of carbonyl (C=O) groups excluding carboxylic acids is 1. The van der Waals surface area contributed by atoms with Crippen molar-refractivity contribution < 1.29 is 9.53 Å². The molecule has 0 bridgehead atoms. The number of hydrogen-bond acceptors (Lipinski definition) is 6. The Morgan fingerprint density at radius 3 is 2.83 bits per heavy atom. The second kappa shape index (κ2) is 10.5. The van der Waals surface area contributed by atoms with Crippen LogP contribution in [0.5, 0.6) is 0 Å². The van der Waals surface area contributed by atoms with Crippen molar-refractivity contribution in [2.75, 3.05) is 6.61 Å². The Hall–Kier alpha value is -1.51. The van der Waals surface area contributed by atoms with Crippen LogP contribution >= 0.6 is 34.7 Å². The Bertz CT molecular complexity index is 980. The topological polar surface area (TPSA) is 65.6 Å². The standard InChI is InChI=1S/C20H26ClN3O3S2/c1-3-4-7-12-27-18(25)14(2)28-17-13-15(8-9-16(17)21)22-19-23-10-5-6-11-24(23)20(26)29-19/h8-9,13-14H,3-7,10-12H2,1-2H3/b22-19-. The largest absolute Gasteiger partial charge is 0.465 e. The van der Waals surface area contributed by atoms with Gasteiger partial charge in [0.1, 0.15) is 5.25 Å². The molecule has 9 heteroatoms. The van der Waals surface area contributed by atoms with E-state index in [1.807, 2.05) is 23.7 Å². The molecule has 0 spiro atoms. The molecule has 0 saturated carbocycles. The number of esters is 1. The van der Waals surface area contributed by atoms with Gasteiger partial charge in [0.25, 0.3) is 0 Å². The first-order valence-electron chi connectivity index (χ1n) is 9.98. The molecule has 0 saturated heterocycles. The van der Waals surface area contributed by atoms with Crippen molar-refractivity contribution in [2.45, 2.75) is 69.2 Å². The van der Waals surface area contributed by atoms with Crippen molar-refractivity contribution in [1.29, 1.82) is 0 Å². The van der Waals surface area contributed by atoms with Crippen LogP contribution in [-0.4, -0.2) is 27.2 Å².